The van der Waals surface area contributed by atoms with Crippen molar-refractivity contribution in [3.63, 3.8) is 0 Å². The van der Waals surface area contributed by atoms with Crippen LogP contribution in [0.1, 0.15) is 12.0 Å². The topological polar surface area (TPSA) is 53.1 Å². The SMILES string of the molecule is COc1ccc(/C=C2\SC(=S)N(CCC(=O)N3CCN(C)CC3)C2=O)cc1. The number of methoxy groups -OCH3 is 1. The first kappa shape index (κ1) is 19.9. The predicted molar refractivity (Wildman–Crippen MR) is 112 cm³/mol. The van der Waals surface area contributed by atoms with Crippen molar-refractivity contribution in [2.75, 3.05) is 46.9 Å². The summed E-state index contributed by atoms with van der Waals surface area (Å²) in [6.45, 7) is 3.58. The van der Waals surface area contributed by atoms with Crippen molar-refractivity contribution in [2.45, 2.75) is 6.42 Å². The number of carbonyl (C=O) groups is 2. The zero-order chi connectivity index (χ0) is 19.4. The number of hydrogen-bond donors (Lipinski definition) is 0. The molecular formula is C19H23N3O3S2. The molecule has 144 valence electrons. The highest BCUT2D eigenvalue weighted by atomic mass is 32.2. The van der Waals surface area contributed by atoms with Gasteiger partial charge in [0.15, 0.2) is 0 Å². The Kier molecular flexibility index (Phi) is 6.51. The first-order valence-electron chi connectivity index (χ1n) is 8.83. The molecule has 0 saturated carbocycles. The third-order valence-corrected chi connectivity index (χ3v) is 6.07. The van der Waals surface area contributed by atoms with E-state index in [4.69, 9.17) is 17.0 Å². The monoisotopic (exact) mass is 405 g/mol. The van der Waals surface area contributed by atoms with Gasteiger partial charge in [-0.2, -0.15) is 0 Å². The average molecular weight is 406 g/mol. The smallest absolute Gasteiger partial charge is 0.266 e. The van der Waals surface area contributed by atoms with Gasteiger partial charge in [0.05, 0.1) is 12.0 Å². The van der Waals surface area contributed by atoms with Crippen LogP contribution in [-0.4, -0.2) is 77.7 Å². The van der Waals surface area contributed by atoms with E-state index < -0.39 is 0 Å². The van der Waals surface area contributed by atoms with Crippen LogP contribution in [-0.2, 0) is 9.59 Å². The molecular weight excluding hydrogens is 382 g/mol. The van der Waals surface area contributed by atoms with Crippen LogP contribution in [0.2, 0.25) is 0 Å². The van der Waals surface area contributed by atoms with Crippen LogP contribution in [0, 0.1) is 0 Å². The number of benzene rings is 1. The highest BCUT2D eigenvalue weighted by molar-refractivity contribution is 8.26. The molecule has 0 aliphatic carbocycles. The van der Waals surface area contributed by atoms with Crippen molar-refractivity contribution in [1.82, 2.24) is 14.7 Å². The number of thioether (sulfide) groups is 1. The first-order chi connectivity index (χ1) is 13.0. The second-order valence-corrected chi connectivity index (χ2v) is 8.22. The molecule has 0 spiro atoms. The van der Waals surface area contributed by atoms with Crippen LogP contribution in [0.4, 0.5) is 0 Å². The van der Waals surface area contributed by atoms with Crippen LogP contribution in [0.15, 0.2) is 29.2 Å². The lowest BCUT2D eigenvalue weighted by atomic mass is 10.2. The van der Waals surface area contributed by atoms with E-state index in [9.17, 15) is 9.59 Å². The Morgan fingerprint density at radius 1 is 1.22 bits per heavy atom. The van der Waals surface area contributed by atoms with Crippen molar-refractivity contribution < 1.29 is 14.3 Å². The zero-order valence-electron chi connectivity index (χ0n) is 15.5. The third kappa shape index (κ3) is 4.88. The zero-order valence-corrected chi connectivity index (χ0v) is 17.1. The molecule has 3 rings (SSSR count). The van der Waals surface area contributed by atoms with E-state index in [0.717, 1.165) is 37.5 Å². The van der Waals surface area contributed by atoms with Crippen molar-refractivity contribution in [3.8, 4) is 5.75 Å². The lowest BCUT2D eigenvalue weighted by molar-refractivity contribution is -0.133. The number of ether oxygens (including phenoxy) is 1. The molecule has 2 amide bonds. The molecule has 1 aromatic carbocycles. The summed E-state index contributed by atoms with van der Waals surface area (Å²) in [5.41, 5.74) is 0.907. The van der Waals surface area contributed by atoms with Gasteiger partial charge in [-0.15, -0.1) is 0 Å². The Bertz CT molecular complexity index is 756. The van der Waals surface area contributed by atoms with Gasteiger partial charge in [-0.25, -0.2) is 0 Å². The van der Waals surface area contributed by atoms with Gasteiger partial charge in [0.2, 0.25) is 5.91 Å². The summed E-state index contributed by atoms with van der Waals surface area (Å²) in [5, 5.41) is 0. The van der Waals surface area contributed by atoms with E-state index in [1.807, 2.05) is 35.2 Å². The standard InChI is InChI=1S/C19H23N3O3S2/c1-20-9-11-21(12-10-20)17(23)7-8-22-18(24)16(27-19(22)26)13-14-3-5-15(25-2)6-4-14/h3-6,13H,7-12H2,1-2H3/b16-13-. The van der Waals surface area contributed by atoms with Gasteiger partial charge in [-0.1, -0.05) is 36.1 Å². The molecule has 0 N–H and O–H groups in total. The average Bonchev–Trinajstić information content (AvgIpc) is 2.94. The summed E-state index contributed by atoms with van der Waals surface area (Å²) < 4.78 is 5.65. The number of carbonyl (C=O) groups excluding carboxylic acids is 2. The van der Waals surface area contributed by atoms with E-state index >= 15 is 0 Å². The second-order valence-electron chi connectivity index (χ2n) is 6.54. The molecule has 0 unspecified atom stereocenters. The quantitative estimate of drug-likeness (QED) is 0.552. The highest BCUT2D eigenvalue weighted by Gasteiger charge is 2.32. The minimum Gasteiger partial charge on any atom is -0.497 e. The van der Waals surface area contributed by atoms with Gasteiger partial charge in [0.1, 0.15) is 10.1 Å². The van der Waals surface area contributed by atoms with Gasteiger partial charge in [-0.05, 0) is 30.8 Å². The Balaban J connectivity index is 1.58. The Morgan fingerprint density at radius 2 is 1.89 bits per heavy atom. The molecule has 0 atom stereocenters. The van der Waals surface area contributed by atoms with Crippen molar-refractivity contribution in [2.24, 2.45) is 0 Å². The van der Waals surface area contributed by atoms with Crippen LogP contribution < -0.4 is 4.74 Å². The second kappa shape index (κ2) is 8.86. The van der Waals surface area contributed by atoms with E-state index in [1.165, 1.54) is 16.7 Å². The predicted octanol–water partition coefficient (Wildman–Crippen LogP) is 2.06. The lowest BCUT2D eigenvalue weighted by Gasteiger charge is -2.32. The summed E-state index contributed by atoms with van der Waals surface area (Å²) in [7, 11) is 3.67. The van der Waals surface area contributed by atoms with E-state index in [2.05, 4.69) is 11.9 Å². The molecule has 0 radical (unpaired) electrons. The fourth-order valence-corrected chi connectivity index (χ4v) is 4.27. The Morgan fingerprint density at radius 3 is 2.52 bits per heavy atom. The highest BCUT2D eigenvalue weighted by Crippen LogP contribution is 2.32. The molecule has 2 fully saturated rings. The Labute approximate surface area is 169 Å². The molecule has 2 aliphatic heterocycles. The normalized spacial score (nSPS) is 19.9. The van der Waals surface area contributed by atoms with Crippen molar-refractivity contribution >= 4 is 46.2 Å². The number of thiocarbonyl (C=S) groups is 1. The minimum absolute atomic E-state index is 0.0799. The molecule has 2 saturated heterocycles. The summed E-state index contributed by atoms with van der Waals surface area (Å²) in [4.78, 5) is 31.3. The van der Waals surface area contributed by atoms with Crippen LogP contribution >= 0.6 is 24.0 Å². The van der Waals surface area contributed by atoms with Gasteiger partial charge in [0, 0.05) is 39.1 Å². The molecule has 2 aliphatic rings. The molecule has 6 nitrogen and oxygen atoms in total. The van der Waals surface area contributed by atoms with E-state index in [0.29, 0.717) is 22.2 Å². The summed E-state index contributed by atoms with van der Waals surface area (Å²) >= 11 is 6.63. The maximum atomic E-state index is 12.7. The molecule has 2 heterocycles. The Hall–Kier alpha value is -1.90. The molecule has 1 aromatic rings. The van der Waals surface area contributed by atoms with E-state index in [-0.39, 0.29) is 11.8 Å². The number of likely N-dealkylation sites (N-methyl/N-ethyl adjacent to an activating group) is 1. The maximum Gasteiger partial charge on any atom is 0.266 e. The number of piperazine rings is 1. The molecule has 0 bridgehead atoms. The molecule has 0 aromatic heterocycles. The van der Waals surface area contributed by atoms with Crippen molar-refractivity contribution in [3.05, 3.63) is 34.7 Å². The summed E-state index contributed by atoms with van der Waals surface area (Å²) in [5.74, 6) is 0.713. The number of nitrogens with zero attached hydrogens (tertiary/aromatic N) is 3. The van der Waals surface area contributed by atoms with Crippen LogP contribution in [0.5, 0.6) is 5.75 Å². The number of hydrogen-bond acceptors (Lipinski definition) is 6. The lowest BCUT2D eigenvalue weighted by Crippen LogP contribution is -2.47. The van der Waals surface area contributed by atoms with Gasteiger partial charge in [0.25, 0.3) is 5.91 Å². The van der Waals surface area contributed by atoms with Crippen LogP contribution in [0.25, 0.3) is 6.08 Å². The first-order valence-corrected chi connectivity index (χ1v) is 10.1. The third-order valence-electron chi connectivity index (χ3n) is 4.69. The van der Waals surface area contributed by atoms with Crippen LogP contribution in [0.3, 0.4) is 0 Å². The van der Waals surface area contributed by atoms with Gasteiger partial charge in [-0.3, -0.25) is 14.5 Å². The largest absolute Gasteiger partial charge is 0.497 e. The molecule has 8 heteroatoms. The summed E-state index contributed by atoms with van der Waals surface area (Å²) in [6, 6.07) is 7.48. The van der Waals surface area contributed by atoms with Gasteiger partial charge < -0.3 is 14.5 Å². The fourth-order valence-electron chi connectivity index (χ4n) is 2.97. The number of amides is 2. The molecule has 27 heavy (non-hydrogen) atoms. The maximum absolute atomic E-state index is 12.7. The van der Waals surface area contributed by atoms with Crippen molar-refractivity contribution in [1.29, 1.82) is 0 Å². The van der Waals surface area contributed by atoms with E-state index in [1.54, 1.807) is 7.11 Å². The fraction of sp³-hybridized carbons (Fsp3) is 0.421. The number of rotatable bonds is 5. The van der Waals surface area contributed by atoms with Gasteiger partial charge >= 0.3 is 0 Å². The minimum atomic E-state index is -0.132. The summed E-state index contributed by atoms with van der Waals surface area (Å²) in [6.07, 6.45) is 2.12.